The molecule has 0 aromatic carbocycles. The van der Waals surface area contributed by atoms with E-state index in [1.54, 1.807) is 0 Å². The van der Waals surface area contributed by atoms with Crippen LogP contribution in [0.4, 0.5) is 0 Å². The van der Waals surface area contributed by atoms with Crippen LogP contribution >= 0.6 is 11.6 Å². The molecule has 4 aliphatic carbocycles. The quantitative estimate of drug-likeness (QED) is 0.411. The Bertz CT molecular complexity index is 628. The first kappa shape index (κ1) is 22.2. The molecule has 0 aromatic rings. The van der Waals surface area contributed by atoms with Crippen molar-refractivity contribution in [3.8, 4) is 0 Å². The molecule has 8 atom stereocenters. The number of halogens is 1. The van der Waals surface area contributed by atoms with Crippen molar-refractivity contribution >= 4 is 17.4 Å². The molecule has 29 heavy (non-hydrogen) atoms. The lowest BCUT2D eigenvalue weighted by molar-refractivity contribution is -0.136. The molecule has 4 aliphatic rings. The van der Waals surface area contributed by atoms with Crippen LogP contribution in [0.5, 0.6) is 0 Å². The van der Waals surface area contributed by atoms with Gasteiger partial charge in [-0.05, 0) is 91.3 Å². The van der Waals surface area contributed by atoms with E-state index in [-0.39, 0.29) is 10.3 Å². The summed E-state index contributed by atoms with van der Waals surface area (Å²) in [7, 11) is 0. The van der Waals surface area contributed by atoms with Crippen molar-refractivity contribution in [1.82, 2.24) is 0 Å². The third-order valence-corrected chi connectivity index (χ3v) is 11.5. The van der Waals surface area contributed by atoms with Gasteiger partial charge in [0.1, 0.15) is 5.78 Å². The Morgan fingerprint density at radius 2 is 1.72 bits per heavy atom. The van der Waals surface area contributed by atoms with Crippen LogP contribution in [-0.4, -0.2) is 10.7 Å². The Balaban J connectivity index is 1.50. The molecule has 8 unspecified atom stereocenters. The average molecular weight is 421 g/mol. The summed E-state index contributed by atoms with van der Waals surface area (Å²) in [5.41, 5.74) is 0.721. The maximum absolute atomic E-state index is 12.2. The number of fused-ring (bicyclic) bond motifs is 5. The van der Waals surface area contributed by atoms with Crippen LogP contribution in [0, 0.1) is 46.3 Å². The fourth-order valence-electron chi connectivity index (χ4n) is 9.02. The van der Waals surface area contributed by atoms with Gasteiger partial charge in [-0.15, -0.1) is 11.6 Å². The van der Waals surface area contributed by atoms with Gasteiger partial charge in [0.05, 0.1) is 4.87 Å². The van der Waals surface area contributed by atoms with Crippen molar-refractivity contribution in [3.05, 3.63) is 0 Å². The van der Waals surface area contributed by atoms with Crippen molar-refractivity contribution in [1.29, 1.82) is 0 Å². The summed E-state index contributed by atoms with van der Waals surface area (Å²) in [5, 5.41) is 0. The number of carbonyl (C=O) groups excluding carboxylic acids is 1. The Morgan fingerprint density at radius 1 is 0.966 bits per heavy atom. The Kier molecular flexibility index (Phi) is 5.98. The van der Waals surface area contributed by atoms with Gasteiger partial charge in [-0.2, -0.15) is 0 Å². The molecule has 0 aliphatic heterocycles. The van der Waals surface area contributed by atoms with Gasteiger partial charge in [0.2, 0.25) is 0 Å². The lowest BCUT2D eigenvalue weighted by atomic mass is 9.44. The monoisotopic (exact) mass is 420 g/mol. The van der Waals surface area contributed by atoms with Gasteiger partial charge in [0.25, 0.3) is 0 Å². The van der Waals surface area contributed by atoms with Gasteiger partial charge in [-0.3, -0.25) is 4.79 Å². The predicted molar refractivity (Wildman–Crippen MR) is 123 cm³/mol. The number of rotatable bonds is 5. The highest BCUT2D eigenvalue weighted by Crippen LogP contribution is 2.70. The van der Waals surface area contributed by atoms with E-state index in [1.165, 1.54) is 51.4 Å². The lowest BCUT2D eigenvalue weighted by Crippen LogP contribution is -2.60. The Morgan fingerprint density at radius 3 is 2.45 bits per heavy atom. The molecule has 0 N–H and O–H groups in total. The van der Waals surface area contributed by atoms with Gasteiger partial charge in [0.15, 0.2) is 0 Å². The first-order chi connectivity index (χ1) is 13.6. The minimum atomic E-state index is -0.251. The topological polar surface area (TPSA) is 17.1 Å². The summed E-state index contributed by atoms with van der Waals surface area (Å²) in [5.74, 6) is 5.54. The molecular weight excluding hydrogens is 376 g/mol. The number of Topliss-reactive ketones (excluding diaryl/α,β-unsaturated/α-hetero) is 1. The highest BCUT2D eigenvalue weighted by atomic mass is 35.5. The van der Waals surface area contributed by atoms with Gasteiger partial charge >= 0.3 is 0 Å². The Hall–Kier alpha value is -0.0400. The number of ketones is 1. The van der Waals surface area contributed by atoms with E-state index in [2.05, 4.69) is 34.6 Å². The van der Waals surface area contributed by atoms with Crippen LogP contribution in [0.15, 0.2) is 0 Å². The molecule has 0 radical (unpaired) electrons. The van der Waals surface area contributed by atoms with E-state index < -0.39 is 0 Å². The van der Waals surface area contributed by atoms with Crippen molar-refractivity contribution < 1.29 is 4.79 Å². The smallest absolute Gasteiger partial charge is 0.134 e. The second kappa shape index (κ2) is 7.83. The molecule has 166 valence electrons. The molecule has 0 bridgehead atoms. The number of carbonyl (C=O) groups is 1. The normalized spacial score (nSPS) is 48.2. The molecular formula is C27H45ClO. The fourth-order valence-corrected chi connectivity index (χ4v) is 9.51. The summed E-state index contributed by atoms with van der Waals surface area (Å²) in [6, 6.07) is 0. The summed E-state index contributed by atoms with van der Waals surface area (Å²) in [6.45, 7) is 12.4. The van der Waals surface area contributed by atoms with E-state index >= 15 is 0 Å². The van der Waals surface area contributed by atoms with Gasteiger partial charge < -0.3 is 0 Å². The second-order valence-electron chi connectivity index (χ2n) is 12.5. The molecule has 0 saturated heterocycles. The molecule has 2 heteroatoms. The van der Waals surface area contributed by atoms with Gasteiger partial charge in [-0.25, -0.2) is 0 Å². The van der Waals surface area contributed by atoms with Crippen LogP contribution in [0.3, 0.4) is 0 Å². The van der Waals surface area contributed by atoms with Crippen LogP contribution < -0.4 is 0 Å². The molecule has 4 saturated carbocycles. The van der Waals surface area contributed by atoms with Crippen molar-refractivity contribution in [2.24, 2.45) is 46.3 Å². The van der Waals surface area contributed by atoms with Crippen molar-refractivity contribution in [3.63, 3.8) is 0 Å². The number of hydrogen-bond acceptors (Lipinski definition) is 1. The first-order valence-corrected chi connectivity index (χ1v) is 13.2. The zero-order valence-corrected chi connectivity index (χ0v) is 20.5. The second-order valence-corrected chi connectivity index (χ2v) is 13.3. The van der Waals surface area contributed by atoms with E-state index in [0.717, 1.165) is 54.8 Å². The van der Waals surface area contributed by atoms with E-state index in [4.69, 9.17) is 11.6 Å². The zero-order valence-electron chi connectivity index (χ0n) is 19.7. The molecule has 0 heterocycles. The molecule has 4 rings (SSSR count). The maximum atomic E-state index is 12.2. The SMILES string of the molecule is CC(C)CCCC(C)C1CCC2C3CCC4(Cl)CC(=O)CCC4(C)C3CCC12C. The van der Waals surface area contributed by atoms with E-state index in [0.29, 0.717) is 17.6 Å². The average Bonchev–Trinajstić information content (AvgIpc) is 2.99. The summed E-state index contributed by atoms with van der Waals surface area (Å²) >= 11 is 7.25. The minimum absolute atomic E-state index is 0.174. The number of hydrogen-bond donors (Lipinski definition) is 0. The minimum Gasteiger partial charge on any atom is -0.300 e. The highest BCUT2D eigenvalue weighted by molar-refractivity contribution is 6.26. The van der Waals surface area contributed by atoms with Gasteiger partial charge in [0, 0.05) is 12.8 Å². The van der Waals surface area contributed by atoms with Crippen LogP contribution in [0.1, 0.15) is 112 Å². The number of alkyl halides is 1. The lowest BCUT2D eigenvalue weighted by Gasteiger charge is -2.63. The van der Waals surface area contributed by atoms with Crippen LogP contribution in [0.2, 0.25) is 0 Å². The highest BCUT2D eigenvalue weighted by Gasteiger charge is 2.64. The molecule has 0 aromatic heterocycles. The fraction of sp³-hybridized carbons (Fsp3) is 0.963. The third-order valence-electron chi connectivity index (χ3n) is 10.8. The summed E-state index contributed by atoms with van der Waals surface area (Å²) in [6.07, 6.45) is 14.6. The van der Waals surface area contributed by atoms with Crippen molar-refractivity contribution in [2.75, 3.05) is 0 Å². The molecule has 0 spiro atoms. The van der Waals surface area contributed by atoms with Crippen LogP contribution in [-0.2, 0) is 4.79 Å². The summed E-state index contributed by atoms with van der Waals surface area (Å²) in [4.78, 5) is 12.0. The van der Waals surface area contributed by atoms with E-state index in [9.17, 15) is 4.79 Å². The first-order valence-electron chi connectivity index (χ1n) is 12.8. The third kappa shape index (κ3) is 3.54. The molecule has 4 fully saturated rings. The molecule has 0 amide bonds. The predicted octanol–water partition coefficient (Wildman–Crippen LogP) is 8.04. The summed E-state index contributed by atoms with van der Waals surface area (Å²) < 4.78 is 0. The van der Waals surface area contributed by atoms with Crippen molar-refractivity contribution in [2.45, 2.75) is 117 Å². The van der Waals surface area contributed by atoms with E-state index in [1.807, 2.05) is 0 Å². The van der Waals surface area contributed by atoms with Crippen LogP contribution in [0.25, 0.3) is 0 Å². The zero-order chi connectivity index (χ0) is 21.0. The largest absolute Gasteiger partial charge is 0.300 e. The van der Waals surface area contributed by atoms with Gasteiger partial charge in [-0.1, -0.05) is 53.9 Å². The molecule has 1 nitrogen and oxygen atoms in total. The standard InChI is InChI=1S/C27H45ClO/c1-18(2)7-6-8-19(3)22-9-10-23-21-12-16-27(28)17-20(29)11-15-26(27,5)24(21)13-14-25(22,23)4/h18-19,21-24H,6-17H2,1-5H3. The Labute approximate surface area is 185 Å². The maximum Gasteiger partial charge on any atom is 0.134 e.